The monoisotopic (exact) mass is 326 g/mol. The summed E-state index contributed by atoms with van der Waals surface area (Å²) < 4.78 is 7.51. The molecule has 0 unspecified atom stereocenters. The predicted molar refractivity (Wildman–Crippen MR) is 82.3 cm³/mol. The van der Waals surface area contributed by atoms with Crippen LogP contribution in [-0.4, -0.2) is 27.8 Å². The zero-order valence-corrected chi connectivity index (χ0v) is 13.2. The molecular weight excluding hydrogens is 312 g/mol. The normalized spacial score (nSPS) is 10.4. The molecule has 0 fully saturated rings. The lowest BCUT2D eigenvalue weighted by Crippen LogP contribution is -2.25. The van der Waals surface area contributed by atoms with E-state index in [4.69, 9.17) is 28.6 Å². The van der Waals surface area contributed by atoms with Crippen LogP contribution in [0, 0.1) is 4.77 Å². The van der Waals surface area contributed by atoms with Crippen molar-refractivity contribution < 1.29 is 9.53 Å². The van der Waals surface area contributed by atoms with E-state index in [1.54, 1.807) is 18.2 Å². The summed E-state index contributed by atoms with van der Waals surface area (Å²) in [6.07, 6.45) is 0. The van der Waals surface area contributed by atoms with Crippen LogP contribution in [0.3, 0.4) is 0 Å². The average Bonchev–Trinajstić information content (AvgIpc) is 2.84. The first-order valence-electron chi connectivity index (χ1n) is 6.32. The molecule has 2 rings (SSSR count). The summed E-state index contributed by atoms with van der Waals surface area (Å²) in [4.78, 5) is 12.2. The van der Waals surface area contributed by atoms with E-state index in [1.165, 1.54) is 7.11 Å². The summed E-state index contributed by atoms with van der Waals surface area (Å²) >= 11 is 11.0. The second-order valence-electron chi connectivity index (χ2n) is 4.22. The molecule has 6 nitrogen and oxygen atoms in total. The number of benzene rings is 1. The Kier molecular flexibility index (Phi) is 4.98. The minimum atomic E-state index is -0.264. The highest BCUT2D eigenvalue weighted by Gasteiger charge is 2.13. The SMILES string of the molecule is CCn1c(CNC(=O)c2ccc(Cl)cc2OC)n[nH]c1=S. The van der Waals surface area contributed by atoms with E-state index in [0.29, 0.717) is 33.5 Å². The van der Waals surface area contributed by atoms with Gasteiger partial charge < -0.3 is 14.6 Å². The van der Waals surface area contributed by atoms with Crippen LogP contribution in [0.2, 0.25) is 5.02 Å². The van der Waals surface area contributed by atoms with E-state index < -0.39 is 0 Å². The Morgan fingerprint density at radius 2 is 2.33 bits per heavy atom. The number of amides is 1. The molecule has 0 aliphatic rings. The maximum atomic E-state index is 12.2. The number of carbonyl (C=O) groups is 1. The van der Waals surface area contributed by atoms with Crippen molar-refractivity contribution in [1.82, 2.24) is 20.1 Å². The minimum absolute atomic E-state index is 0.264. The van der Waals surface area contributed by atoms with E-state index in [1.807, 2.05) is 11.5 Å². The van der Waals surface area contributed by atoms with Crippen LogP contribution < -0.4 is 10.1 Å². The Balaban J connectivity index is 2.13. The first kappa shape index (κ1) is 15.5. The number of aromatic nitrogens is 3. The molecule has 0 aliphatic carbocycles. The third-order valence-electron chi connectivity index (χ3n) is 2.97. The smallest absolute Gasteiger partial charge is 0.255 e. The van der Waals surface area contributed by atoms with Gasteiger partial charge in [-0.2, -0.15) is 5.10 Å². The number of hydrogen-bond acceptors (Lipinski definition) is 4. The number of nitrogens with zero attached hydrogens (tertiary/aromatic N) is 2. The van der Waals surface area contributed by atoms with E-state index in [2.05, 4.69) is 15.5 Å². The molecule has 2 N–H and O–H groups in total. The fraction of sp³-hybridized carbons (Fsp3) is 0.308. The van der Waals surface area contributed by atoms with Crippen LogP contribution in [0.15, 0.2) is 18.2 Å². The van der Waals surface area contributed by atoms with Crippen LogP contribution in [-0.2, 0) is 13.1 Å². The van der Waals surface area contributed by atoms with E-state index >= 15 is 0 Å². The molecule has 0 saturated heterocycles. The highest BCUT2D eigenvalue weighted by Crippen LogP contribution is 2.22. The van der Waals surface area contributed by atoms with Gasteiger partial charge in [-0.05, 0) is 37.3 Å². The van der Waals surface area contributed by atoms with Crippen LogP contribution in [0.1, 0.15) is 23.1 Å². The summed E-state index contributed by atoms with van der Waals surface area (Å²) in [7, 11) is 1.49. The van der Waals surface area contributed by atoms with Crippen LogP contribution in [0.5, 0.6) is 5.75 Å². The number of methoxy groups -OCH3 is 1. The first-order valence-corrected chi connectivity index (χ1v) is 7.11. The molecule has 0 atom stereocenters. The molecule has 0 aliphatic heterocycles. The van der Waals surface area contributed by atoms with Crippen LogP contribution in [0.4, 0.5) is 0 Å². The summed E-state index contributed by atoms with van der Waals surface area (Å²) in [5.41, 5.74) is 0.416. The largest absolute Gasteiger partial charge is 0.496 e. The van der Waals surface area contributed by atoms with Gasteiger partial charge in [0.15, 0.2) is 10.6 Å². The van der Waals surface area contributed by atoms with Crippen molar-refractivity contribution in [2.24, 2.45) is 0 Å². The lowest BCUT2D eigenvalue weighted by Gasteiger charge is -2.10. The highest BCUT2D eigenvalue weighted by molar-refractivity contribution is 7.71. The van der Waals surface area contributed by atoms with Crippen molar-refractivity contribution in [2.45, 2.75) is 20.0 Å². The maximum absolute atomic E-state index is 12.2. The fourth-order valence-corrected chi connectivity index (χ4v) is 2.36. The van der Waals surface area contributed by atoms with E-state index in [9.17, 15) is 4.79 Å². The van der Waals surface area contributed by atoms with Crippen molar-refractivity contribution in [1.29, 1.82) is 0 Å². The highest BCUT2D eigenvalue weighted by atomic mass is 35.5. The first-order chi connectivity index (χ1) is 10.1. The molecule has 0 spiro atoms. The third-order valence-corrected chi connectivity index (χ3v) is 3.52. The minimum Gasteiger partial charge on any atom is -0.496 e. The van der Waals surface area contributed by atoms with Gasteiger partial charge in [0.1, 0.15) is 5.75 Å². The van der Waals surface area contributed by atoms with Crippen molar-refractivity contribution in [3.8, 4) is 5.75 Å². The number of hydrogen-bond donors (Lipinski definition) is 2. The molecule has 1 heterocycles. The summed E-state index contributed by atoms with van der Waals surface area (Å²) in [5, 5.41) is 10.1. The van der Waals surface area contributed by atoms with Crippen LogP contribution in [0.25, 0.3) is 0 Å². The van der Waals surface area contributed by atoms with Gasteiger partial charge in [-0.3, -0.25) is 9.89 Å². The van der Waals surface area contributed by atoms with Crippen molar-refractivity contribution in [2.75, 3.05) is 7.11 Å². The topological polar surface area (TPSA) is 71.9 Å². The number of ether oxygens (including phenoxy) is 1. The average molecular weight is 327 g/mol. The molecule has 8 heteroatoms. The zero-order chi connectivity index (χ0) is 15.4. The molecular formula is C13H15ClN4O2S. The second-order valence-corrected chi connectivity index (χ2v) is 5.04. The Morgan fingerprint density at radius 1 is 1.57 bits per heavy atom. The second kappa shape index (κ2) is 6.73. The summed E-state index contributed by atoms with van der Waals surface area (Å²) in [6, 6.07) is 4.85. The summed E-state index contributed by atoms with van der Waals surface area (Å²) in [6.45, 7) is 2.91. The number of halogens is 1. The lowest BCUT2D eigenvalue weighted by atomic mass is 10.2. The fourth-order valence-electron chi connectivity index (χ4n) is 1.92. The third kappa shape index (κ3) is 3.43. The number of aromatic amines is 1. The van der Waals surface area contributed by atoms with Crippen molar-refractivity contribution in [3.63, 3.8) is 0 Å². The van der Waals surface area contributed by atoms with Crippen molar-refractivity contribution >= 4 is 29.7 Å². The molecule has 112 valence electrons. The Bertz CT molecular complexity index is 710. The van der Waals surface area contributed by atoms with Gasteiger partial charge in [-0.25, -0.2) is 0 Å². The molecule has 0 radical (unpaired) electrons. The van der Waals surface area contributed by atoms with Gasteiger partial charge in [-0.15, -0.1) is 0 Å². The number of nitrogens with one attached hydrogen (secondary N) is 2. The van der Waals surface area contributed by atoms with Crippen molar-refractivity contribution in [3.05, 3.63) is 39.4 Å². The zero-order valence-electron chi connectivity index (χ0n) is 11.6. The quantitative estimate of drug-likeness (QED) is 0.828. The van der Waals surface area contributed by atoms with Gasteiger partial charge in [-0.1, -0.05) is 11.6 Å². The molecule has 1 aromatic heterocycles. The lowest BCUT2D eigenvalue weighted by molar-refractivity contribution is 0.0946. The summed E-state index contributed by atoms with van der Waals surface area (Å²) in [5.74, 6) is 0.832. The molecule has 0 bridgehead atoms. The predicted octanol–water partition coefficient (Wildman–Crippen LogP) is 2.55. The van der Waals surface area contributed by atoms with Gasteiger partial charge in [0.25, 0.3) is 5.91 Å². The van der Waals surface area contributed by atoms with Gasteiger partial charge in [0.05, 0.1) is 19.2 Å². The van der Waals surface area contributed by atoms with Gasteiger partial charge in [0, 0.05) is 11.6 Å². The maximum Gasteiger partial charge on any atom is 0.255 e. The van der Waals surface area contributed by atoms with E-state index in [-0.39, 0.29) is 12.5 Å². The van der Waals surface area contributed by atoms with Gasteiger partial charge in [0.2, 0.25) is 0 Å². The molecule has 0 saturated carbocycles. The van der Waals surface area contributed by atoms with Crippen LogP contribution >= 0.6 is 23.8 Å². The Hall–Kier alpha value is -1.86. The van der Waals surface area contributed by atoms with E-state index in [0.717, 1.165) is 0 Å². The molecule has 1 aromatic carbocycles. The molecule has 21 heavy (non-hydrogen) atoms. The standard InChI is InChI=1S/C13H15ClN4O2S/c1-3-18-11(16-17-13(18)21)7-15-12(19)9-5-4-8(14)6-10(9)20-2/h4-6H,3,7H2,1-2H3,(H,15,19)(H,17,21). The van der Waals surface area contributed by atoms with Gasteiger partial charge >= 0.3 is 0 Å². The number of H-pyrrole nitrogens is 1. The number of rotatable bonds is 5. The Morgan fingerprint density at radius 3 is 3.00 bits per heavy atom. The number of carbonyl (C=O) groups excluding carboxylic acids is 1. The molecule has 2 aromatic rings. The Labute approximate surface area is 132 Å². The molecule has 1 amide bonds.